The molecule has 0 aliphatic heterocycles. The number of amides is 2. The molecule has 0 atom stereocenters. The summed E-state index contributed by atoms with van der Waals surface area (Å²) in [6.45, 7) is 1.09. The summed E-state index contributed by atoms with van der Waals surface area (Å²) in [5.41, 5.74) is 13.5. The standard InChI is InChI=1S/C18H22N4O2/c19-15-7-3-5-13(11-15)17(23)21-9-1-2-10-22-18(24)14-6-4-8-16(20)12-14/h3-8,11-12H,1-2,9-10,19-20H2,(H,21,23)(H,22,24). The molecule has 0 saturated carbocycles. The Hall–Kier alpha value is -3.02. The van der Waals surface area contributed by atoms with Gasteiger partial charge >= 0.3 is 0 Å². The van der Waals surface area contributed by atoms with Crippen molar-refractivity contribution in [3.05, 3.63) is 59.7 Å². The minimum Gasteiger partial charge on any atom is -0.399 e. The highest BCUT2D eigenvalue weighted by molar-refractivity contribution is 5.95. The molecule has 24 heavy (non-hydrogen) atoms. The SMILES string of the molecule is Nc1cccc(C(=O)NCCCCNC(=O)c2cccc(N)c2)c1. The van der Waals surface area contributed by atoms with E-state index in [-0.39, 0.29) is 11.8 Å². The van der Waals surface area contributed by atoms with Crippen molar-refractivity contribution in [2.75, 3.05) is 24.6 Å². The monoisotopic (exact) mass is 326 g/mol. The molecular weight excluding hydrogens is 304 g/mol. The molecule has 0 heterocycles. The minimum atomic E-state index is -0.147. The Balaban J connectivity index is 1.63. The zero-order chi connectivity index (χ0) is 17.4. The molecule has 0 saturated heterocycles. The third-order valence-electron chi connectivity index (χ3n) is 3.47. The fourth-order valence-electron chi connectivity index (χ4n) is 2.22. The number of rotatable bonds is 7. The molecule has 0 aliphatic rings. The van der Waals surface area contributed by atoms with Gasteiger partial charge in [0, 0.05) is 35.6 Å². The molecule has 6 heteroatoms. The number of nitrogen functional groups attached to an aromatic ring is 2. The van der Waals surface area contributed by atoms with Gasteiger partial charge in [-0.15, -0.1) is 0 Å². The van der Waals surface area contributed by atoms with Crippen LogP contribution in [0, 0.1) is 0 Å². The summed E-state index contributed by atoms with van der Waals surface area (Å²) >= 11 is 0. The van der Waals surface area contributed by atoms with Crippen molar-refractivity contribution < 1.29 is 9.59 Å². The summed E-state index contributed by atoms with van der Waals surface area (Å²) in [4.78, 5) is 23.8. The molecule has 0 aliphatic carbocycles. The van der Waals surface area contributed by atoms with E-state index in [1.54, 1.807) is 48.5 Å². The third kappa shape index (κ3) is 5.31. The second-order valence-corrected chi connectivity index (χ2v) is 5.47. The molecule has 2 aromatic rings. The van der Waals surface area contributed by atoms with Crippen LogP contribution in [0.5, 0.6) is 0 Å². The first-order valence-corrected chi connectivity index (χ1v) is 7.84. The van der Waals surface area contributed by atoms with E-state index in [0.29, 0.717) is 35.6 Å². The Morgan fingerprint density at radius 3 is 1.54 bits per heavy atom. The summed E-state index contributed by atoms with van der Waals surface area (Å²) in [6.07, 6.45) is 1.54. The lowest BCUT2D eigenvalue weighted by Gasteiger charge is -2.07. The number of carbonyl (C=O) groups is 2. The Labute approximate surface area is 141 Å². The van der Waals surface area contributed by atoms with Crippen LogP contribution < -0.4 is 22.1 Å². The summed E-state index contributed by atoms with van der Waals surface area (Å²) in [7, 11) is 0. The van der Waals surface area contributed by atoms with Gasteiger partial charge in [-0.05, 0) is 49.2 Å². The first kappa shape index (κ1) is 17.3. The lowest BCUT2D eigenvalue weighted by molar-refractivity contribution is 0.0939. The van der Waals surface area contributed by atoms with Crippen molar-refractivity contribution >= 4 is 23.2 Å². The van der Waals surface area contributed by atoms with E-state index in [9.17, 15) is 9.59 Å². The molecule has 0 radical (unpaired) electrons. The second kappa shape index (κ2) is 8.57. The van der Waals surface area contributed by atoms with Gasteiger partial charge in [-0.1, -0.05) is 12.1 Å². The van der Waals surface area contributed by atoms with Crippen LogP contribution in [0.3, 0.4) is 0 Å². The summed E-state index contributed by atoms with van der Waals surface area (Å²) in [6, 6.07) is 13.7. The topological polar surface area (TPSA) is 110 Å². The van der Waals surface area contributed by atoms with Crippen LogP contribution in [0.2, 0.25) is 0 Å². The van der Waals surface area contributed by atoms with Crippen molar-refractivity contribution in [1.82, 2.24) is 10.6 Å². The number of anilines is 2. The van der Waals surface area contributed by atoms with Gasteiger partial charge in [0.15, 0.2) is 0 Å². The zero-order valence-electron chi connectivity index (χ0n) is 13.4. The van der Waals surface area contributed by atoms with Gasteiger partial charge in [0.1, 0.15) is 0 Å². The summed E-state index contributed by atoms with van der Waals surface area (Å²) in [5, 5.41) is 5.66. The molecule has 126 valence electrons. The van der Waals surface area contributed by atoms with Gasteiger partial charge in [0.25, 0.3) is 11.8 Å². The Bertz CT molecular complexity index is 654. The van der Waals surface area contributed by atoms with Gasteiger partial charge in [-0.2, -0.15) is 0 Å². The van der Waals surface area contributed by atoms with E-state index in [4.69, 9.17) is 11.5 Å². The molecule has 0 fully saturated rings. The van der Waals surface area contributed by atoms with Gasteiger partial charge in [-0.3, -0.25) is 9.59 Å². The molecule has 2 aromatic carbocycles. The lowest BCUT2D eigenvalue weighted by Crippen LogP contribution is -2.27. The number of unbranched alkanes of at least 4 members (excludes halogenated alkanes) is 1. The van der Waals surface area contributed by atoms with Crippen molar-refractivity contribution in [2.45, 2.75) is 12.8 Å². The summed E-state index contributed by atoms with van der Waals surface area (Å²) < 4.78 is 0. The van der Waals surface area contributed by atoms with Crippen molar-refractivity contribution in [1.29, 1.82) is 0 Å². The highest BCUT2D eigenvalue weighted by Crippen LogP contribution is 2.07. The zero-order valence-corrected chi connectivity index (χ0v) is 13.4. The van der Waals surface area contributed by atoms with Gasteiger partial charge in [0.05, 0.1) is 0 Å². The maximum atomic E-state index is 11.9. The van der Waals surface area contributed by atoms with Crippen LogP contribution in [0.4, 0.5) is 11.4 Å². The number of hydrogen-bond acceptors (Lipinski definition) is 4. The normalized spacial score (nSPS) is 10.2. The molecule has 0 unspecified atom stereocenters. The highest BCUT2D eigenvalue weighted by atomic mass is 16.2. The number of benzene rings is 2. The smallest absolute Gasteiger partial charge is 0.251 e. The predicted molar refractivity (Wildman–Crippen MR) is 95.6 cm³/mol. The van der Waals surface area contributed by atoms with Crippen LogP contribution in [0.15, 0.2) is 48.5 Å². The maximum Gasteiger partial charge on any atom is 0.251 e. The molecule has 0 aromatic heterocycles. The summed E-state index contributed by atoms with van der Waals surface area (Å²) in [5.74, 6) is -0.294. The second-order valence-electron chi connectivity index (χ2n) is 5.47. The lowest BCUT2D eigenvalue weighted by atomic mass is 10.2. The molecule has 0 bridgehead atoms. The highest BCUT2D eigenvalue weighted by Gasteiger charge is 2.06. The van der Waals surface area contributed by atoms with E-state index >= 15 is 0 Å². The van der Waals surface area contributed by atoms with Crippen LogP contribution >= 0.6 is 0 Å². The average Bonchev–Trinajstić information content (AvgIpc) is 2.57. The molecular formula is C18H22N4O2. The predicted octanol–water partition coefficient (Wildman–Crippen LogP) is 1.79. The first-order chi connectivity index (χ1) is 11.6. The number of carbonyl (C=O) groups excluding carboxylic acids is 2. The van der Waals surface area contributed by atoms with E-state index in [1.807, 2.05) is 0 Å². The van der Waals surface area contributed by atoms with Crippen molar-refractivity contribution in [2.24, 2.45) is 0 Å². The van der Waals surface area contributed by atoms with Crippen LogP contribution in [0.25, 0.3) is 0 Å². The maximum absolute atomic E-state index is 11.9. The molecule has 6 N–H and O–H groups in total. The molecule has 2 amide bonds. The largest absolute Gasteiger partial charge is 0.399 e. The van der Waals surface area contributed by atoms with E-state index < -0.39 is 0 Å². The number of hydrogen-bond donors (Lipinski definition) is 4. The Kier molecular flexibility index (Phi) is 6.19. The van der Waals surface area contributed by atoms with Crippen LogP contribution in [0.1, 0.15) is 33.6 Å². The quantitative estimate of drug-likeness (QED) is 0.459. The van der Waals surface area contributed by atoms with Crippen LogP contribution in [-0.4, -0.2) is 24.9 Å². The number of nitrogens with two attached hydrogens (primary N) is 2. The molecule has 2 rings (SSSR count). The van der Waals surface area contributed by atoms with Gasteiger partial charge < -0.3 is 22.1 Å². The van der Waals surface area contributed by atoms with Gasteiger partial charge in [0.2, 0.25) is 0 Å². The van der Waals surface area contributed by atoms with E-state index in [1.165, 1.54) is 0 Å². The molecule has 6 nitrogen and oxygen atoms in total. The van der Waals surface area contributed by atoms with E-state index in [2.05, 4.69) is 10.6 Å². The van der Waals surface area contributed by atoms with Gasteiger partial charge in [-0.25, -0.2) is 0 Å². The van der Waals surface area contributed by atoms with Crippen molar-refractivity contribution in [3.63, 3.8) is 0 Å². The Morgan fingerprint density at radius 2 is 1.17 bits per heavy atom. The first-order valence-electron chi connectivity index (χ1n) is 7.84. The minimum absolute atomic E-state index is 0.147. The molecule has 0 spiro atoms. The number of nitrogens with one attached hydrogen (secondary N) is 2. The fourth-order valence-corrected chi connectivity index (χ4v) is 2.22. The fraction of sp³-hybridized carbons (Fsp3) is 0.222. The van der Waals surface area contributed by atoms with Crippen LogP contribution in [-0.2, 0) is 0 Å². The third-order valence-corrected chi connectivity index (χ3v) is 3.47. The average molecular weight is 326 g/mol. The van der Waals surface area contributed by atoms with E-state index in [0.717, 1.165) is 12.8 Å². The van der Waals surface area contributed by atoms with Crippen molar-refractivity contribution in [3.8, 4) is 0 Å². The Morgan fingerprint density at radius 1 is 0.750 bits per heavy atom.